The molecule has 1 aliphatic rings. The second-order valence-electron chi connectivity index (χ2n) is 8.99. The van der Waals surface area contributed by atoms with Crippen LogP contribution >= 0.6 is 0 Å². The predicted octanol–water partition coefficient (Wildman–Crippen LogP) is 3.48. The zero-order valence-corrected chi connectivity index (χ0v) is 19.4. The summed E-state index contributed by atoms with van der Waals surface area (Å²) >= 11 is 0. The number of pyridine rings is 1. The summed E-state index contributed by atoms with van der Waals surface area (Å²) in [5.41, 5.74) is 4.42. The Labute approximate surface area is 189 Å². The van der Waals surface area contributed by atoms with Gasteiger partial charge in [0.25, 0.3) is 5.91 Å². The van der Waals surface area contributed by atoms with Crippen LogP contribution in [0.25, 0.3) is 0 Å². The molecule has 32 heavy (non-hydrogen) atoms. The van der Waals surface area contributed by atoms with Gasteiger partial charge in [0.1, 0.15) is 11.5 Å². The van der Waals surface area contributed by atoms with Crippen LogP contribution in [0.3, 0.4) is 0 Å². The summed E-state index contributed by atoms with van der Waals surface area (Å²) in [5.74, 6) is 1.80. The maximum atomic E-state index is 12.8. The first-order chi connectivity index (χ1) is 15.4. The summed E-state index contributed by atoms with van der Waals surface area (Å²) in [5, 5.41) is 12.1. The van der Waals surface area contributed by atoms with Crippen molar-refractivity contribution in [2.75, 3.05) is 13.1 Å². The molecular formula is C25H32N6O. The second kappa shape index (κ2) is 9.61. The van der Waals surface area contributed by atoms with Crippen molar-refractivity contribution in [3.8, 4) is 0 Å². The van der Waals surface area contributed by atoms with Crippen LogP contribution in [0.1, 0.15) is 58.7 Å². The topological polar surface area (TPSA) is 75.9 Å². The Morgan fingerprint density at radius 1 is 1.09 bits per heavy atom. The Hall–Kier alpha value is -3.06. The number of aromatic nitrogens is 4. The number of nitrogens with one attached hydrogen (secondary N) is 1. The Kier molecular flexibility index (Phi) is 6.65. The van der Waals surface area contributed by atoms with Crippen LogP contribution in [0.4, 0.5) is 0 Å². The van der Waals surface area contributed by atoms with Gasteiger partial charge in [-0.1, -0.05) is 43.7 Å². The van der Waals surface area contributed by atoms with Gasteiger partial charge in [0.05, 0.1) is 6.04 Å². The van der Waals surface area contributed by atoms with Crippen molar-refractivity contribution in [1.82, 2.24) is 30.0 Å². The first-order valence-corrected chi connectivity index (χ1v) is 11.3. The smallest absolute Gasteiger partial charge is 0.270 e. The molecule has 1 atom stereocenters. The summed E-state index contributed by atoms with van der Waals surface area (Å²) < 4.78 is 2.20. The molecule has 4 rings (SSSR count). The molecule has 0 radical (unpaired) electrons. The fourth-order valence-corrected chi connectivity index (χ4v) is 4.28. The first kappa shape index (κ1) is 22.1. The molecule has 0 saturated heterocycles. The lowest BCUT2D eigenvalue weighted by molar-refractivity contribution is 0.0916. The maximum Gasteiger partial charge on any atom is 0.270 e. The molecule has 1 amide bonds. The van der Waals surface area contributed by atoms with Crippen molar-refractivity contribution >= 4 is 5.91 Å². The molecule has 7 nitrogen and oxygen atoms in total. The van der Waals surface area contributed by atoms with Gasteiger partial charge in [-0.05, 0) is 43.0 Å². The molecule has 0 spiro atoms. The third-order valence-corrected chi connectivity index (χ3v) is 6.17. The van der Waals surface area contributed by atoms with Crippen LogP contribution in [-0.2, 0) is 19.5 Å². The molecule has 2 aromatic heterocycles. The summed E-state index contributed by atoms with van der Waals surface area (Å²) in [7, 11) is 0. The molecule has 0 fully saturated rings. The molecule has 1 N–H and O–H groups in total. The van der Waals surface area contributed by atoms with E-state index >= 15 is 0 Å². The third-order valence-electron chi connectivity index (χ3n) is 6.17. The van der Waals surface area contributed by atoms with Crippen molar-refractivity contribution in [3.05, 3.63) is 76.6 Å². The minimum atomic E-state index is -0.225. The van der Waals surface area contributed by atoms with E-state index in [0.29, 0.717) is 5.69 Å². The molecule has 7 heteroatoms. The number of hydrogen-bond acceptors (Lipinski definition) is 5. The van der Waals surface area contributed by atoms with E-state index in [4.69, 9.17) is 0 Å². The SMILES string of the molecule is Cc1ccc(CN2CCc3nnc([C@@H](NC(=O)c4ccccn4)C(C)C)n3CC2)c(C)c1. The molecule has 1 aliphatic heterocycles. The van der Waals surface area contributed by atoms with Gasteiger partial charge in [-0.15, -0.1) is 10.2 Å². The number of hydrogen-bond donors (Lipinski definition) is 1. The van der Waals surface area contributed by atoms with Crippen LogP contribution in [0.5, 0.6) is 0 Å². The van der Waals surface area contributed by atoms with E-state index in [2.05, 4.69) is 75.9 Å². The number of amides is 1. The lowest BCUT2D eigenvalue weighted by Crippen LogP contribution is -2.34. The van der Waals surface area contributed by atoms with Crippen LogP contribution in [0.2, 0.25) is 0 Å². The van der Waals surface area contributed by atoms with Gasteiger partial charge in [-0.25, -0.2) is 0 Å². The molecule has 3 heterocycles. The highest BCUT2D eigenvalue weighted by atomic mass is 16.2. The predicted molar refractivity (Wildman–Crippen MR) is 124 cm³/mol. The molecule has 1 aromatic carbocycles. The Morgan fingerprint density at radius 2 is 1.94 bits per heavy atom. The van der Waals surface area contributed by atoms with Gasteiger partial charge in [-0.2, -0.15) is 0 Å². The zero-order chi connectivity index (χ0) is 22.7. The summed E-state index contributed by atoms with van der Waals surface area (Å²) in [6, 6.07) is 11.8. The average molecular weight is 433 g/mol. The van der Waals surface area contributed by atoms with Gasteiger partial charge in [0.15, 0.2) is 5.82 Å². The quantitative estimate of drug-likeness (QED) is 0.645. The van der Waals surface area contributed by atoms with Crippen molar-refractivity contribution in [3.63, 3.8) is 0 Å². The van der Waals surface area contributed by atoms with Crippen LogP contribution in [0.15, 0.2) is 42.6 Å². The van der Waals surface area contributed by atoms with Gasteiger partial charge >= 0.3 is 0 Å². The highest BCUT2D eigenvalue weighted by molar-refractivity contribution is 5.92. The van der Waals surface area contributed by atoms with Crippen molar-refractivity contribution < 1.29 is 4.79 Å². The number of nitrogens with zero attached hydrogens (tertiary/aromatic N) is 5. The molecule has 0 saturated carbocycles. The van der Waals surface area contributed by atoms with Gasteiger partial charge in [-0.3, -0.25) is 14.7 Å². The van der Waals surface area contributed by atoms with E-state index in [1.165, 1.54) is 16.7 Å². The highest BCUT2D eigenvalue weighted by Crippen LogP contribution is 2.23. The molecular weight excluding hydrogens is 400 g/mol. The second-order valence-corrected chi connectivity index (χ2v) is 8.99. The van der Waals surface area contributed by atoms with Crippen LogP contribution in [-0.4, -0.2) is 43.6 Å². The summed E-state index contributed by atoms with van der Waals surface area (Å²) in [6.07, 6.45) is 2.48. The minimum Gasteiger partial charge on any atom is -0.340 e. The van der Waals surface area contributed by atoms with E-state index in [0.717, 1.165) is 44.2 Å². The molecule has 0 unspecified atom stereocenters. The Morgan fingerprint density at radius 3 is 2.66 bits per heavy atom. The van der Waals surface area contributed by atoms with E-state index in [1.807, 2.05) is 6.07 Å². The normalized spacial score (nSPS) is 15.3. The van der Waals surface area contributed by atoms with E-state index < -0.39 is 0 Å². The van der Waals surface area contributed by atoms with Crippen molar-refractivity contribution in [1.29, 1.82) is 0 Å². The lowest BCUT2D eigenvalue weighted by Gasteiger charge is -2.23. The first-order valence-electron chi connectivity index (χ1n) is 11.3. The third kappa shape index (κ3) is 4.88. The number of carbonyl (C=O) groups excluding carboxylic acids is 1. The fourth-order valence-electron chi connectivity index (χ4n) is 4.28. The standard InChI is InChI=1S/C25H32N6O/c1-17(2)23(27-25(32)21-7-5-6-11-26-21)24-29-28-22-10-12-30(13-14-31(22)24)16-20-9-8-18(3)15-19(20)4/h5-9,11,15,17,23H,10,12-14,16H2,1-4H3,(H,27,32)/t23-/m0/s1. The number of rotatable bonds is 6. The number of aryl methyl sites for hydroxylation is 2. The van der Waals surface area contributed by atoms with Gasteiger partial charge in [0, 0.05) is 38.8 Å². The summed E-state index contributed by atoms with van der Waals surface area (Å²) in [4.78, 5) is 19.4. The Balaban J connectivity index is 1.49. The van der Waals surface area contributed by atoms with Gasteiger partial charge in [0.2, 0.25) is 0 Å². The van der Waals surface area contributed by atoms with Crippen molar-refractivity contribution in [2.45, 2.75) is 53.2 Å². The minimum absolute atomic E-state index is 0.172. The monoisotopic (exact) mass is 432 g/mol. The van der Waals surface area contributed by atoms with E-state index in [-0.39, 0.29) is 17.9 Å². The lowest BCUT2D eigenvalue weighted by atomic mass is 10.0. The number of carbonyl (C=O) groups is 1. The van der Waals surface area contributed by atoms with Gasteiger partial charge < -0.3 is 9.88 Å². The van der Waals surface area contributed by atoms with Crippen LogP contribution in [0, 0.1) is 19.8 Å². The summed E-state index contributed by atoms with van der Waals surface area (Å²) in [6.45, 7) is 12.1. The highest BCUT2D eigenvalue weighted by Gasteiger charge is 2.28. The maximum absolute atomic E-state index is 12.8. The molecule has 0 bridgehead atoms. The average Bonchev–Trinajstić information content (AvgIpc) is 3.07. The van der Waals surface area contributed by atoms with Crippen molar-refractivity contribution in [2.24, 2.45) is 5.92 Å². The molecule has 3 aromatic rings. The largest absolute Gasteiger partial charge is 0.340 e. The fraction of sp³-hybridized carbons (Fsp3) is 0.440. The number of fused-ring (bicyclic) bond motifs is 1. The van der Waals surface area contributed by atoms with E-state index in [9.17, 15) is 4.79 Å². The Bertz CT molecular complexity index is 1080. The zero-order valence-electron chi connectivity index (χ0n) is 19.4. The van der Waals surface area contributed by atoms with Crippen LogP contribution < -0.4 is 5.32 Å². The molecule has 168 valence electrons. The molecule has 0 aliphatic carbocycles. The number of benzene rings is 1. The van der Waals surface area contributed by atoms with E-state index in [1.54, 1.807) is 18.3 Å².